The number of pyridine rings is 1. The summed E-state index contributed by atoms with van der Waals surface area (Å²) in [6.45, 7) is 1.27. The van der Waals surface area contributed by atoms with E-state index in [1.54, 1.807) is 60.7 Å². The largest absolute Gasteiger partial charge is 0.506 e. The van der Waals surface area contributed by atoms with Crippen molar-refractivity contribution in [3.05, 3.63) is 106 Å². The Kier molecular flexibility index (Phi) is 6.15. The molecule has 1 heterocycles. The summed E-state index contributed by atoms with van der Waals surface area (Å²) >= 11 is 0. The van der Waals surface area contributed by atoms with E-state index in [1.165, 1.54) is 17.6 Å². The average molecular weight is 453 g/mol. The van der Waals surface area contributed by atoms with E-state index in [2.05, 4.69) is 0 Å². The van der Waals surface area contributed by atoms with Crippen LogP contribution in [0.25, 0.3) is 22.7 Å². The van der Waals surface area contributed by atoms with Crippen molar-refractivity contribution in [1.29, 1.82) is 0 Å². The summed E-state index contributed by atoms with van der Waals surface area (Å²) in [6.07, 6.45) is 1.45. The van der Waals surface area contributed by atoms with Crippen LogP contribution >= 0.6 is 0 Å². The van der Waals surface area contributed by atoms with E-state index in [0.717, 1.165) is 5.69 Å². The van der Waals surface area contributed by atoms with Crippen molar-refractivity contribution >= 4 is 34.2 Å². The first-order valence-electron chi connectivity index (χ1n) is 10.8. The Morgan fingerprint density at radius 3 is 2.12 bits per heavy atom. The number of carbonyl (C=O) groups excluding carboxylic acids is 2. The highest BCUT2D eigenvalue weighted by Gasteiger charge is 2.27. The molecule has 0 aliphatic heterocycles. The second-order valence-electron chi connectivity index (χ2n) is 8.15. The molecule has 0 saturated carbocycles. The van der Waals surface area contributed by atoms with Crippen LogP contribution in [0.4, 0.5) is 5.69 Å². The number of anilines is 1. The first kappa shape index (κ1) is 22.7. The summed E-state index contributed by atoms with van der Waals surface area (Å²) in [5.74, 6) is -1.75. The summed E-state index contributed by atoms with van der Waals surface area (Å²) in [5, 5.41) is 11.3. The van der Waals surface area contributed by atoms with Gasteiger partial charge in [-0.2, -0.15) is 0 Å². The molecule has 1 aromatic heterocycles. The van der Waals surface area contributed by atoms with E-state index in [4.69, 9.17) is 0 Å². The zero-order valence-corrected chi connectivity index (χ0v) is 19.1. The Hall–Kier alpha value is -4.45. The molecule has 0 radical (unpaired) electrons. The van der Waals surface area contributed by atoms with Crippen molar-refractivity contribution in [2.75, 3.05) is 19.0 Å². The van der Waals surface area contributed by atoms with Crippen LogP contribution in [0.3, 0.4) is 0 Å². The van der Waals surface area contributed by atoms with Crippen molar-refractivity contribution in [2.45, 2.75) is 6.92 Å². The van der Waals surface area contributed by atoms with Crippen LogP contribution in [0.5, 0.6) is 5.75 Å². The molecular weight excluding hydrogens is 428 g/mol. The Morgan fingerprint density at radius 1 is 0.882 bits per heavy atom. The molecule has 0 fully saturated rings. The lowest BCUT2D eigenvalue weighted by Gasteiger charge is -2.15. The van der Waals surface area contributed by atoms with Crippen molar-refractivity contribution in [3.63, 3.8) is 0 Å². The van der Waals surface area contributed by atoms with Crippen molar-refractivity contribution in [2.24, 2.45) is 0 Å². The lowest BCUT2D eigenvalue weighted by Crippen LogP contribution is -2.27. The zero-order valence-electron chi connectivity index (χ0n) is 19.1. The van der Waals surface area contributed by atoms with E-state index >= 15 is 0 Å². The van der Waals surface area contributed by atoms with Gasteiger partial charge in [0.2, 0.25) is 5.78 Å². The number of para-hydroxylation sites is 2. The second-order valence-corrected chi connectivity index (χ2v) is 8.15. The Balaban J connectivity index is 1.94. The maximum absolute atomic E-state index is 13.6. The molecule has 6 nitrogen and oxygen atoms in total. The lowest BCUT2D eigenvalue weighted by atomic mass is 9.96. The molecule has 1 N–H and O–H groups in total. The number of nitrogens with zero attached hydrogens (tertiary/aromatic N) is 2. The van der Waals surface area contributed by atoms with Crippen molar-refractivity contribution in [3.8, 4) is 11.4 Å². The van der Waals surface area contributed by atoms with Crippen LogP contribution in [0, 0.1) is 0 Å². The number of hydrogen-bond acceptors (Lipinski definition) is 5. The number of Topliss-reactive ketones (excluding diaryl/α,β-unsaturated/α-hetero) is 2. The maximum Gasteiger partial charge on any atom is 0.270 e. The Morgan fingerprint density at radius 2 is 1.50 bits per heavy atom. The van der Waals surface area contributed by atoms with E-state index in [1.807, 2.05) is 37.2 Å². The summed E-state index contributed by atoms with van der Waals surface area (Å²) in [5.41, 5.74) is 1.29. The van der Waals surface area contributed by atoms with E-state index in [0.29, 0.717) is 22.2 Å². The molecule has 0 bridgehead atoms. The molecule has 0 spiro atoms. The van der Waals surface area contributed by atoms with Gasteiger partial charge in [-0.15, -0.1) is 0 Å². The van der Waals surface area contributed by atoms with Gasteiger partial charge in [-0.25, -0.2) is 0 Å². The van der Waals surface area contributed by atoms with Crippen LogP contribution in [0.15, 0.2) is 89.2 Å². The highest BCUT2D eigenvalue weighted by molar-refractivity contribution is 6.29. The molecule has 3 aromatic carbocycles. The molecule has 0 aliphatic rings. The van der Waals surface area contributed by atoms with Gasteiger partial charge < -0.3 is 10.0 Å². The Labute approximate surface area is 197 Å². The third kappa shape index (κ3) is 4.13. The smallest absolute Gasteiger partial charge is 0.270 e. The van der Waals surface area contributed by atoms with Gasteiger partial charge in [0.1, 0.15) is 11.3 Å². The molecule has 34 heavy (non-hydrogen) atoms. The van der Waals surface area contributed by atoms with Crippen LogP contribution in [-0.2, 0) is 4.79 Å². The quantitative estimate of drug-likeness (QED) is 0.200. The first-order valence-corrected chi connectivity index (χ1v) is 10.8. The summed E-state index contributed by atoms with van der Waals surface area (Å²) in [6, 6.07) is 23.0. The molecular formula is C28H24N2O4. The number of hydrogen-bond donors (Lipinski definition) is 1. The fourth-order valence-electron chi connectivity index (χ4n) is 3.86. The summed E-state index contributed by atoms with van der Waals surface area (Å²) in [7, 11) is 3.82. The minimum Gasteiger partial charge on any atom is -0.506 e. The normalized spacial score (nSPS) is 11.4. The number of benzene rings is 3. The average Bonchev–Trinajstić information content (AvgIpc) is 2.83. The van der Waals surface area contributed by atoms with Gasteiger partial charge in [0.05, 0.1) is 11.1 Å². The van der Waals surface area contributed by atoms with Crippen LogP contribution in [0.1, 0.15) is 22.8 Å². The van der Waals surface area contributed by atoms with Crippen LogP contribution in [0.2, 0.25) is 0 Å². The minimum atomic E-state index is -0.817. The molecule has 4 aromatic rings. The van der Waals surface area contributed by atoms with Gasteiger partial charge in [-0.1, -0.05) is 42.5 Å². The zero-order chi connectivity index (χ0) is 24.4. The second kappa shape index (κ2) is 9.19. The van der Waals surface area contributed by atoms with Crippen LogP contribution < -0.4 is 10.5 Å². The molecule has 0 aliphatic carbocycles. The molecule has 0 unspecified atom stereocenters. The molecule has 0 atom stereocenters. The van der Waals surface area contributed by atoms with Gasteiger partial charge in [-0.05, 0) is 55.0 Å². The third-order valence-corrected chi connectivity index (χ3v) is 5.64. The summed E-state index contributed by atoms with van der Waals surface area (Å²) in [4.78, 5) is 41.6. The highest BCUT2D eigenvalue weighted by Crippen LogP contribution is 2.30. The lowest BCUT2D eigenvalue weighted by molar-refractivity contribution is -0.113. The van der Waals surface area contributed by atoms with Gasteiger partial charge in [0, 0.05) is 30.9 Å². The number of aromatic hydroxyl groups is 1. The van der Waals surface area contributed by atoms with E-state index in [9.17, 15) is 19.5 Å². The summed E-state index contributed by atoms with van der Waals surface area (Å²) < 4.78 is 1.38. The predicted molar refractivity (Wildman–Crippen MR) is 135 cm³/mol. The molecule has 4 rings (SSSR count). The number of carbonyl (C=O) groups is 2. The first-order chi connectivity index (χ1) is 16.3. The molecule has 170 valence electrons. The maximum atomic E-state index is 13.6. The standard InChI is InChI=1S/C28H24N2O4/c1-18(31)23(17-19-13-15-20(16-14-19)29(2)3)27(33)25-26(32)22-11-7-8-12-24(22)30(28(25)34)21-9-5-4-6-10-21/h4-17,32H,1-3H3/b23-17+. The Bertz CT molecular complexity index is 1480. The van der Waals surface area contributed by atoms with E-state index in [-0.39, 0.29) is 5.57 Å². The van der Waals surface area contributed by atoms with Gasteiger partial charge in [0.25, 0.3) is 5.56 Å². The van der Waals surface area contributed by atoms with Crippen molar-refractivity contribution < 1.29 is 14.7 Å². The topological polar surface area (TPSA) is 79.6 Å². The number of ketones is 2. The number of allylic oxidation sites excluding steroid dienone is 1. The highest BCUT2D eigenvalue weighted by atomic mass is 16.3. The van der Waals surface area contributed by atoms with Gasteiger partial charge in [0.15, 0.2) is 5.78 Å². The van der Waals surface area contributed by atoms with Crippen molar-refractivity contribution in [1.82, 2.24) is 4.57 Å². The monoisotopic (exact) mass is 452 g/mol. The van der Waals surface area contributed by atoms with Gasteiger partial charge in [-0.3, -0.25) is 19.0 Å². The fourth-order valence-corrected chi connectivity index (χ4v) is 3.86. The third-order valence-electron chi connectivity index (χ3n) is 5.64. The molecule has 6 heteroatoms. The number of fused-ring (bicyclic) bond motifs is 1. The number of aromatic nitrogens is 1. The number of rotatable bonds is 6. The minimum absolute atomic E-state index is 0.181. The van der Waals surface area contributed by atoms with E-state index < -0.39 is 28.4 Å². The predicted octanol–water partition coefficient (Wildman–Crippen LogP) is 4.62. The molecule has 0 amide bonds. The van der Waals surface area contributed by atoms with Crippen LogP contribution in [-0.4, -0.2) is 35.3 Å². The molecule has 0 saturated heterocycles. The fraction of sp³-hybridized carbons (Fsp3) is 0.107. The van der Waals surface area contributed by atoms with Gasteiger partial charge >= 0.3 is 0 Å². The SMILES string of the molecule is CC(=O)/C(=C\c1ccc(N(C)C)cc1)C(=O)c1c(O)c2ccccc2n(-c2ccccc2)c1=O.